The minimum absolute atomic E-state index is 0.381. The SMILES string of the molecule is c1ccc(CNC(c2ccccn2)C2CCCCC2)cc1. The molecule has 2 aromatic rings. The normalized spacial score (nSPS) is 17.5. The second kappa shape index (κ2) is 7.37. The highest BCUT2D eigenvalue weighted by Gasteiger charge is 2.25. The quantitative estimate of drug-likeness (QED) is 0.872. The fourth-order valence-electron chi connectivity index (χ4n) is 3.36. The van der Waals surface area contributed by atoms with Crippen molar-refractivity contribution in [2.24, 2.45) is 5.92 Å². The van der Waals surface area contributed by atoms with Crippen LogP contribution in [0.4, 0.5) is 0 Å². The number of nitrogens with one attached hydrogen (secondary N) is 1. The summed E-state index contributed by atoms with van der Waals surface area (Å²) in [5.41, 5.74) is 2.54. The van der Waals surface area contributed by atoms with Gasteiger partial charge >= 0.3 is 0 Å². The summed E-state index contributed by atoms with van der Waals surface area (Å²) in [5, 5.41) is 3.76. The predicted molar refractivity (Wildman–Crippen MR) is 86.8 cm³/mol. The van der Waals surface area contributed by atoms with Gasteiger partial charge in [-0.15, -0.1) is 0 Å². The molecule has 0 saturated heterocycles. The summed E-state index contributed by atoms with van der Waals surface area (Å²) in [6, 6.07) is 17.3. The van der Waals surface area contributed by atoms with Gasteiger partial charge < -0.3 is 5.32 Å². The highest BCUT2D eigenvalue weighted by molar-refractivity contribution is 5.16. The molecule has 1 unspecified atom stereocenters. The van der Waals surface area contributed by atoms with Crippen molar-refractivity contribution in [2.75, 3.05) is 0 Å². The monoisotopic (exact) mass is 280 g/mol. The number of hydrogen-bond donors (Lipinski definition) is 1. The second-order valence-corrected chi connectivity index (χ2v) is 6.00. The first-order valence-electron chi connectivity index (χ1n) is 8.12. The molecule has 21 heavy (non-hydrogen) atoms. The Morgan fingerprint density at radius 3 is 2.43 bits per heavy atom. The van der Waals surface area contributed by atoms with E-state index in [4.69, 9.17) is 0 Å². The van der Waals surface area contributed by atoms with Gasteiger partial charge in [-0.1, -0.05) is 55.7 Å². The predicted octanol–water partition coefficient (Wildman–Crippen LogP) is 4.49. The van der Waals surface area contributed by atoms with Crippen LogP contribution in [0.2, 0.25) is 0 Å². The highest BCUT2D eigenvalue weighted by Crippen LogP contribution is 2.33. The van der Waals surface area contributed by atoms with E-state index in [-0.39, 0.29) is 0 Å². The first-order valence-corrected chi connectivity index (χ1v) is 8.12. The van der Waals surface area contributed by atoms with Gasteiger partial charge in [0.25, 0.3) is 0 Å². The maximum Gasteiger partial charge on any atom is 0.0576 e. The summed E-state index contributed by atoms with van der Waals surface area (Å²) in [6.45, 7) is 0.915. The van der Waals surface area contributed by atoms with Crippen LogP contribution in [0.25, 0.3) is 0 Å². The van der Waals surface area contributed by atoms with Crippen LogP contribution in [0.1, 0.15) is 49.4 Å². The summed E-state index contributed by atoms with van der Waals surface area (Å²) in [6.07, 6.45) is 8.67. The average molecular weight is 280 g/mol. The van der Waals surface area contributed by atoms with Crippen LogP contribution in [0.3, 0.4) is 0 Å². The number of nitrogens with zero attached hydrogens (tertiary/aromatic N) is 1. The molecule has 0 aliphatic heterocycles. The number of hydrogen-bond acceptors (Lipinski definition) is 2. The van der Waals surface area contributed by atoms with Crippen molar-refractivity contribution >= 4 is 0 Å². The van der Waals surface area contributed by atoms with Crippen LogP contribution in [-0.4, -0.2) is 4.98 Å². The van der Waals surface area contributed by atoms with Gasteiger partial charge in [0.2, 0.25) is 0 Å². The molecule has 1 atom stereocenters. The van der Waals surface area contributed by atoms with Crippen molar-refractivity contribution in [1.29, 1.82) is 0 Å². The maximum atomic E-state index is 4.60. The van der Waals surface area contributed by atoms with Gasteiger partial charge in [0.15, 0.2) is 0 Å². The molecule has 3 rings (SSSR count). The lowest BCUT2D eigenvalue weighted by atomic mass is 9.82. The van der Waals surface area contributed by atoms with Crippen LogP contribution in [0.15, 0.2) is 54.7 Å². The maximum absolute atomic E-state index is 4.60. The molecule has 0 amide bonds. The summed E-state index contributed by atoms with van der Waals surface area (Å²) < 4.78 is 0. The van der Waals surface area contributed by atoms with Crippen LogP contribution >= 0.6 is 0 Å². The van der Waals surface area contributed by atoms with Crippen molar-refractivity contribution in [3.8, 4) is 0 Å². The van der Waals surface area contributed by atoms with Gasteiger partial charge in [-0.25, -0.2) is 0 Å². The third kappa shape index (κ3) is 3.92. The molecule has 1 aromatic carbocycles. The lowest BCUT2D eigenvalue weighted by molar-refractivity contribution is 0.266. The van der Waals surface area contributed by atoms with E-state index in [0.717, 1.165) is 12.5 Å². The first-order chi connectivity index (χ1) is 10.4. The summed E-state index contributed by atoms with van der Waals surface area (Å²) in [4.78, 5) is 4.60. The Kier molecular flexibility index (Phi) is 5.01. The third-order valence-corrected chi connectivity index (χ3v) is 4.50. The van der Waals surface area contributed by atoms with E-state index in [9.17, 15) is 0 Å². The zero-order valence-corrected chi connectivity index (χ0v) is 12.5. The molecular formula is C19H24N2. The van der Waals surface area contributed by atoms with Crippen LogP contribution in [0.5, 0.6) is 0 Å². The Hall–Kier alpha value is -1.67. The van der Waals surface area contributed by atoms with E-state index in [1.54, 1.807) is 0 Å². The van der Waals surface area contributed by atoms with E-state index in [1.807, 2.05) is 12.3 Å². The minimum atomic E-state index is 0.381. The Bertz CT molecular complexity index is 518. The van der Waals surface area contributed by atoms with Crippen molar-refractivity contribution in [2.45, 2.75) is 44.7 Å². The molecule has 1 aliphatic rings. The van der Waals surface area contributed by atoms with E-state index < -0.39 is 0 Å². The molecule has 110 valence electrons. The van der Waals surface area contributed by atoms with Crippen LogP contribution < -0.4 is 5.32 Å². The first kappa shape index (κ1) is 14.3. The van der Waals surface area contributed by atoms with Crippen molar-refractivity contribution in [1.82, 2.24) is 10.3 Å². The number of aromatic nitrogens is 1. The van der Waals surface area contributed by atoms with Gasteiger partial charge in [-0.2, -0.15) is 0 Å². The van der Waals surface area contributed by atoms with Crippen molar-refractivity contribution in [3.63, 3.8) is 0 Å². The molecule has 2 heteroatoms. The Balaban J connectivity index is 1.72. The van der Waals surface area contributed by atoms with Crippen LogP contribution in [0, 0.1) is 5.92 Å². The topological polar surface area (TPSA) is 24.9 Å². The number of benzene rings is 1. The van der Waals surface area contributed by atoms with E-state index in [0.29, 0.717) is 6.04 Å². The average Bonchev–Trinajstić information content (AvgIpc) is 2.58. The molecule has 0 spiro atoms. The molecule has 0 bridgehead atoms. The molecule has 1 aromatic heterocycles. The third-order valence-electron chi connectivity index (χ3n) is 4.50. The summed E-state index contributed by atoms with van der Waals surface area (Å²) in [7, 11) is 0. The Morgan fingerprint density at radius 1 is 0.952 bits per heavy atom. The summed E-state index contributed by atoms with van der Waals surface area (Å²) in [5.74, 6) is 0.720. The van der Waals surface area contributed by atoms with E-state index >= 15 is 0 Å². The Morgan fingerprint density at radius 2 is 1.71 bits per heavy atom. The van der Waals surface area contributed by atoms with Crippen LogP contribution in [-0.2, 0) is 6.54 Å². The van der Waals surface area contributed by atoms with Gasteiger partial charge in [0.1, 0.15) is 0 Å². The molecular weight excluding hydrogens is 256 g/mol. The van der Waals surface area contributed by atoms with Gasteiger partial charge in [-0.3, -0.25) is 4.98 Å². The standard InChI is InChI=1S/C19H24N2/c1-3-9-16(10-4-1)15-21-19(17-11-5-2-6-12-17)18-13-7-8-14-20-18/h1,3-4,7-10,13-14,17,19,21H,2,5-6,11-12,15H2. The molecule has 1 saturated carbocycles. The minimum Gasteiger partial charge on any atom is -0.304 e. The summed E-state index contributed by atoms with van der Waals surface area (Å²) >= 11 is 0. The molecule has 1 heterocycles. The van der Waals surface area contributed by atoms with Crippen molar-refractivity contribution < 1.29 is 0 Å². The Labute approximate surface area is 127 Å². The highest BCUT2D eigenvalue weighted by atomic mass is 14.9. The fourth-order valence-corrected chi connectivity index (χ4v) is 3.36. The smallest absolute Gasteiger partial charge is 0.0576 e. The van der Waals surface area contributed by atoms with Gasteiger partial charge in [0, 0.05) is 12.7 Å². The fraction of sp³-hybridized carbons (Fsp3) is 0.421. The van der Waals surface area contributed by atoms with E-state index in [1.165, 1.54) is 43.4 Å². The number of pyridine rings is 1. The molecule has 1 aliphatic carbocycles. The largest absolute Gasteiger partial charge is 0.304 e. The molecule has 0 radical (unpaired) electrons. The van der Waals surface area contributed by atoms with Gasteiger partial charge in [0.05, 0.1) is 11.7 Å². The molecule has 2 nitrogen and oxygen atoms in total. The van der Waals surface area contributed by atoms with E-state index in [2.05, 4.69) is 52.8 Å². The lowest BCUT2D eigenvalue weighted by Crippen LogP contribution is -2.30. The lowest BCUT2D eigenvalue weighted by Gasteiger charge is -2.30. The molecule has 1 fully saturated rings. The van der Waals surface area contributed by atoms with Gasteiger partial charge in [-0.05, 0) is 36.5 Å². The zero-order chi connectivity index (χ0) is 14.3. The second-order valence-electron chi connectivity index (χ2n) is 6.00. The zero-order valence-electron chi connectivity index (χ0n) is 12.5. The number of rotatable bonds is 5. The molecule has 1 N–H and O–H groups in total. The van der Waals surface area contributed by atoms with Crippen molar-refractivity contribution in [3.05, 3.63) is 66.0 Å².